The first-order valence-electron chi connectivity index (χ1n) is 9.96. The van der Waals surface area contributed by atoms with Gasteiger partial charge in [0.15, 0.2) is 0 Å². The van der Waals surface area contributed by atoms with E-state index >= 15 is 0 Å². The Labute approximate surface area is 178 Å². The van der Waals surface area contributed by atoms with E-state index in [0.717, 1.165) is 29.6 Å². The third-order valence-corrected chi connectivity index (χ3v) is 5.87. The number of rotatable bonds is 4. The summed E-state index contributed by atoms with van der Waals surface area (Å²) in [5.41, 5.74) is 7.44. The minimum atomic E-state index is -4.44. The molecule has 1 aliphatic carbocycles. The summed E-state index contributed by atoms with van der Waals surface area (Å²) in [4.78, 5) is 23.4. The second-order valence-corrected chi connectivity index (χ2v) is 8.78. The van der Waals surface area contributed by atoms with Gasteiger partial charge in [-0.3, -0.25) is 9.78 Å². The van der Waals surface area contributed by atoms with Gasteiger partial charge >= 0.3 is 6.18 Å². The number of anilines is 1. The second kappa shape index (κ2) is 7.21. The zero-order valence-electron chi connectivity index (χ0n) is 17.5. The van der Waals surface area contributed by atoms with Gasteiger partial charge in [-0.25, -0.2) is 4.98 Å². The van der Waals surface area contributed by atoms with Crippen molar-refractivity contribution >= 4 is 22.6 Å². The van der Waals surface area contributed by atoms with E-state index in [1.54, 1.807) is 23.1 Å². The Balaban J connectivity index is 1.64. The monoisotopic (exact) mass is 428 g/mol. The number of aryl methyl sites for hydroxylation is 1. The summed E-state index contributed by atoms with van der Waals surface area (Å²) in [6.45, 7) is 6.12. The van der Waals surface area contributed by atoms with Gasteiger partial charge in [0.1, 0.15) is 5.82 Å². The Morgan fingerprint density at radius 1 is 1.23 bits per heavy atom. The van der Waals surface area contributed by atoms with Crippen LogP contribution >= 0.6 is 0 Å². The van der Waals surface area contributed by atoms with Gasteiger partial charge in [0, 0.05) is 23.2 Å². The quantitative estimate of drug-likeness (QED) is 0.636. The molecule has 0 spiro atoms. The minimum absolute atomic E-state index is 0.00827. The maximum atomic E-state index is 13.4. The molecule has 1 amide bonds. The maximum absolute atomic E-state index is 13.4. The lowest BCUT2D eigenvalue weighted by Gasteiger charge is -2.25. The second-order valence-electron chi connectivity index (χ2n) is 8.78. The van der Waals surface area contributed by atoms with Crippen molar-refractivity contribution in [2.75, 3.05) is 5.73 Å². The number of nitrogens with zero attached hydrogens (tertiary/aromatic N) is 3. The molecule has 2 N–H and O–H groups in total. The number of alkyl halides is 3. The summed E-state index contributed by atoms with van der Waals surface area (Å²) in [5.74, 6) is 0.259. The third-order valence-electron chi connectivity index (χ3n) is 5.87. The van der Waals surface area contributed by atoms with Crippen LogP contribution in [0.1, 0.15) is 47.4 Å². The topological polar surface area (TPSA) is 72.1 Å². The summed E-state index contributed by atoms with van der Waals surface area (Å²) >= 11 is 0. The smallest absolute Gasteiger partial charge is 0.383 e. The van der Waals surface area contributed by atoms with Crippen LogP contribution in [0.25, 0.3) is 10.9 Å². The molecule has 1 aliphatic rings. The van der Waals surface area contributed by atoms with Gasteiger partial charge in [-0.1, -0.05) is 13.8 Å². The first-order valence-corrected chi connectivity index (χ1v) is 9.96. The van der Waals surface area contributed by atoms with Crippen molar-refractivity contribution in [3.8, 4) is 0 Å². The number of halogens is 3. The van der Waals surface area contributed by atoms with Gasteiger partial charge < -0.3 is 10.6 Å². The summed E-state index contributed by atoms with van der Waals surface area (Å²) in [7, 11) is 0. The zero-order chi connectivity index (χ0) is 22.6. The number of amides is 1. The predicted octanol–water partition coefficient (Wildman–Crippen LogP) is 4.98. The van der Waals surface area contributed by atoms with Crippen LogP contribution in [0.5, 0.6) is 0 Å². The van der Waals surface area contributed by atoms with Gasteiger partial charge in [0.2, 0.25) is 0 Å². The van der Waals surface area contributed by atoms with Crippen LogP contribution in [0, 0.1) is 12.3 Å². The molecule has 5 nitrogen and oxygen atoms in total. The van der Waals surface area contributed by atoms with Crippen molar-refractivity contribution in [2.45, 2.75) is 46.0 Å². The number of pyridine rings is 2. The molecule has 2 heterocycles. The molecule has 3 aromatic rings. The van der Waals surface area contributed by atoms with Crippen LogP contribution in [0.15, 0.2) is 42.6 Å². The van der Waals surface area contributed by atoms with E-state index < -0.39 is 11.7 Å². The molecule has 1 fully saturated rings. The first kappa shape index (κ1) is 21.1. The number of nitrogen functional groups attached to an aromatic ring is 1. The van der Waals surface area contributed by atoms with Crippen LogP contribution in [0.3, 0.4) is 0 Å². The largest absolute Gasteiger partial charge is 0.417 e. The number of hydrogen-bond acceptors (Lipinski definition) is 4. The van der Waals surface area contributed by atoms with Crippen molar-refractivity contribution in [3.63, 3.8) is 0 Å². The molecule has 162 valence electrons. The molecule has 4 rings (SSSR count). The zero-order valence-corrected chi connectivity index (χ0v) is 17.5. The van der Waals surface area contributed by atoms with E-state index in [1.165, 1.54) is 6.07 Å². The molecule has 1 atom stereocenters. The lowest BCUT2D eigenvalue weighted by Crippen LogP contribution is -2.35. The van der Waals surface area contributed by atoms with Gasteiger partial charge in [-0.2, -0.15) is 13.2 Å². The molecule has 0 unspecified atom stereocenters. The van der Waals surface area contributed by atoms with Crippen molar-refractivity contribution in [2.24, 2.45) is 5.41 Å². The number of aromatic nitrogens is 2. The number of carbonyl (C=O) groups excluding carboxylic acids is 1. The lowest BCUT2D eigenvalue weighted by atomic mass is 10.1. The fourth-order valence-corrected chi connectivity index (χ4v) is 3.75. The molecule has 0 bridgehead atoms. The molecule has 1 aromatic carbocycles. The third kappa shape index (κ3) is 4.19. The summed E-state index contributed by atoms with van der Waals surface area (Å²) in [5, 5.41) is 0.806. The Kier molecular flexibility index (Phi) is 4.91. The molecule has 0 radical (unpaired) electrons. The number of nitrogens with two attached hydrogens (primary N) is 1. The van der Waals surface area contributed by atoms with E-state index in [0.29, 0.717) is 22.6 Å². The van der Waals surface area contributed by atoms with E-state index in [4.69, 9.17) is 5.73 Å². The molecular weight excluding hydrogens is 405 g/mol. The van der Waals surface area contributed by atoms with Crippen molar-refractivity contribution in [3.05, 3.63) is 65.0 Å². The minimum Gasteiger partial charge on any atom is -0.383 e. The van der Waals surface area contributed by atoms with Gasteiger partial charge in [0.25, 0.3) is 5.91 Å². The average Bonchev–Trinajstić information content (AvgIpc) is 3.33. The van der Waals surface area contributed by atoms with Crippen LogP contribution in [0.2, 0.25) is 0 Å². The molecule has 0 saturated heterocycles. The Morgan fingerprint density at radius 2 is 1.94 bits per heavy atom. The summed E-state index contributed by atoms with van der Waals surface area (Å²) < 4.78 is 38.5. The first-order chi connectivity index (χ1) is 14.5. The maximum Gasteiger partial charge on any atom is 0.417 e. The highest BCUT2D eigenvalue weighted by molar-refractivity contribution is 5.98. The lowest BCUT2D eigenvalue weighted by molar-refractivity contribution is -0.137. The highest BCUT2D eigenvalue weighted by Gasteiger charge is 2.51. The fraction of sp³-hybridized carbons (Fsp3) is 0.348. The molecule has 8 heteroatoms. The standard InChI is InChI=1S/C23H23F3N4O/c1-13-8-15-9-14(4-7-18(15)29-20(13)27)21(31)30(19-10-22(19,2)3)12-17-6-5-16(11-28-17)23(24,25)26/h4-9,11,19H,10,12H2,1-3H3,(H2,27,29)/t19-/m0/s1. The fourth-order valence-electron chi connectivity index (χ4n) is 3.75. The Bertz CT molecular complexity index is 1160. The molecule has 31 heavy (non-hydrogen) atoms. The highest BCUT2D eigenvalue weighted by Crippen LogP contribution is 2.49. The molecule has 0 aliphatic heterocycles. The van der Waals surface area contributed by atoms with E-state index in [1.807, 2.05) is 13.0 Å². The Hall–Kier alpha value is -3.16. The number of benzene rings is 1. The van der Waals surface area contributed by atoms with Crippen molar-refractivity contribution in [1.29, 1.82) is 0 Å². The van der Waals surface area contributed by atoms with E-state index in [2.05, 4.69) is 23.8 Å². The normalized spacial score (nSPS) is 17.5. The molecular formula is C23H23F3N4O. The SMILES string of the molecule is Cc1cc2cc(C(=O)N(Cc3ccc(C(F)(F)F)cn3)[C@H]3CC3(C)C)ccc2nc1N. The predicted molar refractivity (Wildman–Crippen MR) is 112 cm³/mol. The molecule has 2 aromatic heterocycles. The van der Waals surface area contributed by atoms with Gasteiger partial charge in [-0.15, -0.1) is 0 Å². The van der Waals surface area contributed by atoms with E-state index in [-0.39, 0.29) is 23.9 Å². The van der Waals surface area contributed by atoms with Crippen LogP contribution < -0.4 is 5.73 Å². The van der Waals surface area contributed by atoms with E-state index in [9.17, 15) is 18.0 Å². The van der Waals surface area contributed by atoms with Crippen molar-refractivity contribution < 1.29 is 18.0 Å². The van der Waals surface area contributed by atoms with Crippen molar-refractivity contribution in [1.82, 2.24) is 14.9 Å². The van der Waals surface area contributed by atoms with Gasteiger partial charge in [0.05, 0.1) is 23.3 Å². The summed E-state index contributed by atoms with van der Waals surface area (Å²) in [6, 6.07) is 9.44. The summed E-state index contributed by atoms with van der Waals surface area (Å²) in [6.07, 6.45) is -2.81. The van der Waals surface area contributed by atoms with Gasteiger partial charge in [-0.05, 0) is 60.7 Å². The number of carbonyl (C=O) groups is 1. The average molecular weight is 428 g/mol. The van der Waals surface area contributed by atoms with Crippen LogP contribution in [-0.4, -0.2) is 26.8 Å². The molecule has 1 saturated carbocycles. The number of fused-ring (bicyclic) bond motifs is 1. The highest BCUT2D eigenvalue weighted by atomic mass is 19.4. The number of hydrogen-bond donors (Lipinski definition) is 1. The van der Waals surface area contributed by atoms with Crippen LogP contribution in [0.4, 0.5) is 19.0 Å². The Morgan fingerprint density at radius 3 is 2.52 bits per heavy atom. The van der Waals surface area contributed by atoms with Crippen LogP contribution in [-0.2, 0) is 12.7 Å².